The Morgan fingerprint density at radius 1 is 1.16 bits per heavy atom. The molecule has 1 heterocycles. The standard InChI is InChI=1S/C15H19N3O/c1-17(12-13-6-2-3-7-14(13)16)10-11-18-9-5-4-8-15(18)19/h2-9H,10-12,16H2,1H3. The summed E-state index contributed by atoms with van der Waals surface area (Å²) in [4.78, 5) is 13.7. The van der Waals surface area contributed by atoms with Gasteiger partial charge in [-0.05, 0) is 24.7 Å². The first-order chi connectivity index (χ1) is 9.16. The second-order valence-electron chi connectivity index (χ2n) is 4.67. The van der Waals surface area contributed by atoms with E-state index in [-0.39, 0.29) is 5.56 Å². The lowest BCUT2D eigenvalue weighted by molar-refractivity contribution is 0.310. The molecule has 2 rings (SSSR count). The Balaban J connectivity index is 1.92. The van der Waals surface area contributed by atoms with Gasteiger partial charge in [0.2, 0.25) is 0 Å². The number of anilines is 1. The van der Waals surface area contributed by atoms with Crippen LogP contribution in [0.4, 0.5) is 5.69 Å². The second-order valence-corrected chi connectivity index (χ2v) is 4.67. The van der Waals surface area contributed by atoms with Crippen LogP contribution >= 0.6 is 0 Å². The van der Waals surface area contributed by atoms with Gasteiger partial charge < -0.3 is 15.2 Å². The predicted molar refractivity (Wildman–Crippen MR) is 77.9 cm³/mol. The van der Waals surface area contributed by atoms with E-state index < -0.39 is 0 Å². The van der Waals surface area contributed by atoms with Gasteiger partial charge >= 0.3 is 0 Å². The zero-order chi connectivity index (χ0) is 13.7. The molecule has 4 heteroatoms. The Labute approximate surface area is 113 Å². The zero-order valence-electron chi connectivity index (χ0n) is 11.1. The smallest absolute Gasteiger partial charge is 0.250 e. The van der Waals surface area contributed by atoms with Crippen LogP contribution in [0.3, 0.4) is 0 Å². The van der Waals surface area contributed by atoms with Gasteiger partial charge in [-0.25, -0.2) is 0 Å². The molecular formula is C15H19N3O. The van der Waals surface area contributed by atoms with Gasteiger partial charge in [-0.3, -0.25) is 4.79 Å². The number of aromatic nitrogens is 1. The third-order valence-corrected chi connectivity index (χ3v) is 3.12. The van der Waals surface area contributed by atoms with Crippen LogP contribution < -0.4 is 11.3 Å². The van der Waals surface area contributed by atoms with Gasteiger partial charge in [0, 0.05) is 37.6 Å². The first kappa shape index (κ1) is 13.4. The molecule has 1 aromatic heterocycles. The second kappa shape index (κ2) is 6.20. The lowest BCUT2D eigenvalue weighted by Crippen LogP contribution is -2.27. The van der Waals surface area contributed by atoms with Crippen molar-refractivity contribution in [1.82, 2.24) is 9.47 Å². The highest BCUT2D eigenvalue weighted by molar-refractivity contribution is 5.46. The molecule has 0 unspecified atom stereocenters. The van der Waals surface area contributed by atoms with Gasteiger partial charge in [-0.2, -0.15) is 0 Å². The third kappa shape index (κ3) is 3.69. The van der Waals surface area contributed by atoms with Crippen LogP contribution in [0.15, 0.2) is 53.5 Å². The van der Waals surface area contributed by atoms with Crippen molar-refractivity contribution in [3.05, 3.63) is 64.6 Å². The number of pyridine rings is 1. The highest BCUT2D eigenvalue weighted by Gasteiger charge is 2.03. The summed E-state index contributed by atoms with van der Waals surface area (Å²) in [5.74, 6) is 0. The normalized spacial score (nSPS) is 10.8. The van der Waals surface area contributed by atoms with Crippen molar-refractivity contribution in [2.75, 3.05) is 19.3 Å². The van der Waals surface area contributed by atoms with Crippen LogP contribution in [0.2, 0.25) is 0 Å². The van der Waals surface area contributed by atoms with E-state index in [9.17, 15) is 4.79 Å². The van der Waals surface area contributed by atoms with E-state index in [0.29, 0.717) is 6.54 Å². The Morgan fingerprint density at radius 2 is 1.89 bits per heavy atom. The van der Waals surface area contributed by atoms with E-state index in [4.69, 9.17) is 5.73 Å². The van der Waals surface area contributed by atoms with Crippen molar-refractivity contribution in [2.45, 2.75) is 13.1 Å². The van der Waals surface area contributed by atoms with Gasteiger partial charge in [0.1, 0.15) is 0 Å². The number of hydrogen-bond acceptors (Lipinski definition) is 3. The molecule has 0 bridgehead atoms. The summed E-state index contributed by atoms with van der Waals surface area (Å²) in [5, 5.41) is 0. The third-order valence-electron chi connectivity index (χ3n) is 3.12. The van der Waals surface area contributed by atoms with E-state index in [1.54, 1.807) is 16.7 Å². The number of likely N-dealkylation sites (N-methyl/N-ethyl adjacent to an activating group) is 1. The maximum Gasteiger partial charge on any atom is 0.250 e. The molecule has 0 aliphatic heterocycles. The summed E-state index contributed by atoms with van der Waals surface area (Å²) in [6, 6.07) is 13.1. The van der Waals surface area contributed by atoms with Crippen LogP contribution in [0.1, 0.15) is 5.56 Å². The fourth-order valence-electron chi connectivity index (χ4n) is 1.97. The quantitative estimate of drug-likeness (QED) is 0.827. The van der Waals surface area contributed by atoms with Crippen molar-refractivity contribution >= 4 is 5.69 Å². The van der Waals surface area contributed by atoms with Gasteiger partial charge in [0.25, 0.3) is 5.56 Å². The Kier molecular flexibility index (Phi) is 4.36. The molecule has 0 fully saturated rings. The molecule has 0 saturated carbocycles. The van der Waals surface area contributed by atoms with Gasteiger partial charge in [0.15, 0.2) is 0 Å². The van der Waals surface area contributed by atoms with E-state index >= 15 is 0 Å². The molecule has 0 aliphatic rings. The summed E-state index contributed by atoms with van der Waals surface area (Å²) < 4.78 is 1.71. The molecule has 2 aromatic rings. The molecule has 19 heavy (non-hydrogen) atoms. The van der Waals surface area contributed by atoms with Crippen LogP contribution in [-0.2, 0) is 13.1 Å². The Bertz CT molecular complexity index is 592. The fraction of sp³-hybridized carbons (Fsp3) is 0.267. The summed E-state index contributed by atoms with van der Waals surface area (Å²) in [5.41, 5.74) is 7.88. The summed E-state index contributed by atoms with van der Waals surface area (Å²) in [6.45, 7) is 2.27. The molecular weight excluding hydrogens is 238 g/mol. The molecule has 0 amide bonds. The number of nitrogens with zero attached hydrogens (tertiary/aromatic N) is 2. The van der Waals surface area contributed by atoms with E-state index in [2.05, 4.69) is 4.90 Å². The number of benzene rings is 1. The summed E-state index contributed by atoms with van der Waals surface area (Å²) in [6.07, 6.45) is 1.81. The van der Waals surface area contributed by atoms with Crippen LogP contribution in [-0.4, -0.2) is 23.1 Å². The molecule has 4 nitrogen and oxygen atoms in total. The van der Waals surface area contributed by atoms with Gasteiger partial charge in [0.05, 0.1) is 0 Å². The lowest BCUT2D eigenvalue weighted by Gasteiger charge is -2.18. The maximum atomic E-state index is 11.6. The van der Waals surface area contributed by atoms with Crippen molar-refractivity contribution < 1.29 is 0 Å². The number of nitrogens with two attached hydrogens (primary N) is 1. The van der Waals surface area contributed by atoms with Crippen molar-refractivity contribution in [3.8, 4) is 0 Å². The van der Waals surface area contributed by atoms with Crippen LogP contribution in [0.5, 0.6) is 0 Å². The van der Waals surface area contributed by atoms with Crippen molar-refractivity contribution in [1.29, 1.82) is 0 Å². The average Bonchev–Trinajstić information content (AvgIpc) is 2.40. The highest BCUT2D eigenvalue weighted by Crippen LogP contribution is 2.12. The SMILES string of the molecule is CN(CCn1ccccc1=O)Cc1ccccc1N. The monoisotopic (exact) mass is 257 g/mol. The van der Waals surface area contributed by atoms with E-state index in [1.165, 1.54) is 0 Å². The Hall–Kier alpha value is -2.07. The number of hydrogen-bond donors (Lipinski definition) is 1. The van der Waals surface area contributed by atoms with Crippen molar-refractivity contribution in [3.63, 3.8) is 0 Å². The molecule has 100 valence electrons. The topological polar surface area (TPSA) is 51.3 Å². The largest absolute Gasteiger partial charge is 0.398 e. The number of nitrogen functional groups attached to an aromatic ring is 1. The number of para-hydroxylation sites is 1. The first-order valence-corrected chi connectivity index (χ1v) is 6.34. The molecule has 2 N–H and O–H groups in total. The fourth-order valence-corrected chi connectivity index (χ4v) is 1.97. The maximum absolute atomic E-state index is 11.6. The predicted octanol–water partition coefficient (Wildman–Crippen LogP) is 1.56. The lowest BCUT2D eigenvalue weighted by atomic mass is 10.2. The highest BCUT2D eigenvalue weighted by atomic mass is 16.1. The molecule has 0 aliphatic carbocycles. The van der Waals surface area contributed by atoms with Crippen molar-refractivity contribution in [2.24, 2.45) is 0 Å². The summed E-state index contributed by atoms with van der Waals surface area (Å²) in [7, 11) is 2.03. The minimum atomic E-state index is 0.0372. The van der Waals surface area contributed by atoms with Crippen LogP contribution in [0, 0.1) is 0 Å². The Morgan fingerprint density at radius 3 is 2.63 bits per heavy atom. The average molecular weight is 257 g/mol. The first-order valence-electron chi connectivity index (χ1n) is 6.34. The minimum Gasteiger partial charge on any atom is -0.398 e. The minimum absolute atomic E-state index is 0.0372. The van der Waals surface area contributed by atoms with E-state index in [1.807, 2.05) is 43.6 Å². The summed E-state index contributed by atoms with van der Waals surface area (Å²) >= 11 is 0. The van der Waals surface area contributed by atoms with E-state index in [0.717, 1.165) is 24.3 Å². The molecule has 0 atom stereocenters. The molecule has 0 radical (unpaired) electrons. The van der Waals surface area contributed by atoms with Gasteiger partial charge in [-0.15, -0.1) is 0 Å². The van der Waals surface area contributed by atoms with Crippen LogP contribution in [0.25, 0.3) is 0 Å². The molecule has 0 spiro atoms. The number of rotatable bonds is 5. The zero-order valence-corrected chi connectivity index (χ0v) is 11.1. The molecule has 1 aromatic carbocycles. The molecule has 0 saturated heterocycles. The van der Waals surface area contributed by atoms with Gasteiger partial charge in [-0.1, -0.05) is 24.3 Å².